The Morgan fingerprint density at radius 2 is 1.30 bits per heavy atom. The third-order valence-corrected chi connectivity index (χ3v) is 11.9. The number of Topliss-reactive ketones (excluding diaryl/α,β-unsaturated/α-hetero) is 1. The van der Waals surface area contributed by atoms with Gasteiger partial charge in [-0.05, 0) is 64.2 Å². The molecule has 1 fully saturated rings. The van der Waals surface area contributed by atoms with Crippen molar-refractivity contribution in [3.05, 3.63) is 48.6 Å². The molecule has 0 aromatic carbocycles. The molecule has 0 amide bonds. The van der Waals surface area contributed by atoms with E-state index in [2.05, 4.69) is 42.7 Å². The molecule has 7 atom stereocenters. The van der Waals surface area contributed by atoms with Crippen LogP contribution in [0.15, 0.2) is 48.6 Å². The van der Waals surface area contributed by atoms with Crippen molar-refractivity contribution >= 4 is 31.5 Å². The second kappa shape index (κ2) is 37.3. The molecule has 0 heterocycles. The second-order valence-electron chi connectivity index (χ2n) is 16.7. The number of phosphoric acid groups is 1. The Bertz CT molecular complexity index is 1420. The number of aliphatic hydroxyl groups excluding tert-OH is 2. The molecule has 0 aliphatic heterocycles. The molecule has 0 spiro atoms. The third kappa shape index (κ3) is 31.5. The number of carbonyl (C=O) groups excluding carboxylic acids is 3. The molecule has 63 heavy (non-hydrogen) atoms. The Labute approximate surface area is 377 Å². The summed E-state index contributed by atoms with van der Waals surface area (Å²) in [6.07, 6.45) is 35.3. The van der Waals surface area contributed by atoms with Gasteiger partial charge in [0, 0.05) is 31.1 Å². The minimum absolute atomic E-state index is 0.0254. The minimum atomic E-state index is -4.79. The van der Waals surface area contributed by atoms with Crippen molar-refractivity contribution in [3.63, 3.8) is 0 Å². The van der Waals surface area contributed by atoms with Crippen LogP contribution in [0, 0.1) is 11.8 Å². The number of hydrogen-bond donors (Lipinski definition) is 5. The van der Waals surface area contributed by atoms with Gasteiger partial charge in [-0.3, -0.25) is 28.2 Å². The van der Waals surface area contributed by atoms with E-state index in [1.54, 1.807) is 12.2 Å². The predicted molar refractivity (Wildman–Crippen MR) is 246 cm³/mol. The lowest BCUT2D eigenvalue weighted by Gasteiger charge is -2.20. The van der Waals surface area contributed by atoms with E-state index in [-0.39, 0.29) is 31.0 Å². The van der Waals surface area contributed by atoms with Gasteiger partial charge in [0.15, 0.2) is 6.10 Å². The average Bonchev–Trinajstić information content (AvgIpc) is 3.52. The molecular weight excluding hydrogens is 829 g/mol. The first-order valence-electron chi connectivity index (χ1n) is 23.8. The number of hydrogen-bond acceptors (Lipinski definition) is 12. The lowest BCUT2D eigenvalue weighted by Crippen LogP contribution is -2.34. The summed E-state index contributed by atoms with van der Waals surface area (Å²) in [4.78, 5) is 58.8. The standard InChI is InChI=1S/C48H82NO13P/c1-3-5-7-8-9-10-11-12-13-14-15-16-17-18-19-20-21-22-28-32-47(54)62-40(37-60-63(57,58)61-38-43(49)48(55)56)36-59-46(53)31-27-24-23-26-30-41-42(45(52)35-44(41)51)34-33-39(50)29-25-6-4-2/h9-10,12-13,23,26,33-34,39-43,45,50,52H,3-8,11,14-22,24-25,27-32,35-38,49H2,1-2H3,(H,55,56)(H,57,58)/b10-9-,13-12-,26-23-,34-33+/t39-,40+,41+,42+,43-,45+/m0/s1. The maximum Gasteiger partial charge on any atom is 0.472 e. The molecular formula is C48H82NO13P. The van der Waals surface area contributed by atoms with Crippen molar-refractivity contribution in [1.82, 2.24) is 0 Å². The third-order valence-electron chi connectivity index (χ3n) is 10.9. The molecule has 6 N–H and O–H groups in total. The fourth-order valence-corrected chi connectivity index (χ4v) is 7.85. The maximum atomic E-state index is 12.7. The summed E-state index contributed by atoms with van der Waals surface area (Å²) < 4.78 is 32.7. The summed E-state index contributed by atoms with van der Waals surface area (Å²) in [7, 11) is -4.79. The molecule has 1 aliphatic carbocycles. The van der Waals surface area contributed by atoms with Crippen molar-refractivity contribution in [2.24, 2.45) is 17.6 Å². The number of ketones is 1. The Kier molecular flexibility index (Phi) is 34.3. The summed E-state index contributed by atoms with van der Waals surface area (Å²) in [5, 5.41) is 29.6. The molecule has 1 unspecified atom stereocenters. The number of aliphatic carboxylic acids is 1. The lowest BCUT2D eigenvalue weighted by atomic mass is 9.90. The molecule has 0 aromatic rings. The number of nitrogens with two attached hydrogens (primary N) is 1. The fraction of sp³-hybridized carbons (Fsp3) is 0.750. The molecule has 1 aliphatic rings. The van der Waals surface area contributed by atoms with Crippen LogP contribution in [-0.2, 0) is 42.3 Å². The van der Waals surface area contributed by atoms with Gasteiger partial charge in [-0.2, -0.15) is 0 Å². The Morgan fingerprint density at radius 1 is 0.746 bits per heavy atom. The van der Waals surface area contributed by atoms with Crippen molar-refractivity contribution in [1.29, 1.82) is 0 Å². The number of rotatable bonds is 40. The number of ether oxygens (including phenoxy) is 2. The summed E-state index contributed by atoms with van der Waals surface area (Å²) in [6, 6.07) is -1.56. The van der Waals surface area contributed by atoms with Crippen LogP contribution >= 0.6 is 7.82 Å². The fourth-order valence-electron chi connectivity index (χ4n) is 7.08. The van der Waals surface area contributed by atoms with Crippen molar-refractivity contribution in [2.75, 3.05) is 19.8 Å². The molecule has 14 nitrogen and oxygen atoms in total. The van der Waals surface area contributed by atoms with Crippen LogP contribution < -0.4 is 5.73 Å². The van der Waals surface area contributed by atoms with Gasteiger partial charge in [0.05, 0.1) is 25.4 Å². The van der Waals surface area contributed by atoms with Crippen LogP contribution in [0.4, 0.5) is 0 Å². The first-order chi connectivity index (χ1) is 30.3. The molecule has 0 radical (unpaired) electrons. The number of esters is 2. The summed E-state index contributed by atoms with van der Waals surface area (Å²) in [6.45, 7) is 2.40. The molecule has 1 saturated carbocycles. The predicted octanol–water partition coefficient (Wildman–Crippen LogP) is 9.54. The monoisotopic (exact) mass is 912 g/mol. The highest BCUT2D eigenvalue weighted by molar-refractivity contribution is 7.47. The van der Waals surface area contributed by atoms with E-state index >= 15 is 0 Å². The summed E-state index contributed by atoms with van der Waals surface area (Å²) in [5.74, 6) is -3.41. The zero-order chi connectivity index (χ0) is 46.6. The van der Waals surface area contributed by atoms with Gasteiger partial charge in [-0.15, -0.1) is 0 Å². The Balaban J connectivity index is 2.45. The number of unbranched alkanes of at least 4 members (excludes halogenated alkanes) is 15. The summed E-state index contributed by atoms with van der Waals surface area (Å²) in [5.41, 5.74) is 5.34. The SMILES string of the molecule is CCCCC/C=C\C/C=C\CCCCCCCCCCCC(=O)O[C@H](COC(=O)CCC/C=C\C[C@H]1C(=O)C[C@@H](O)[C@@H]1/C=C/[C@@H](O)CCCCC)COP(=O)(O)OC[C@H](N)C(=O)O. The first-order valence-corrected chi connectivity index (χ1v) is 25.3. The van der Waals surface area contributed by atoms with Crippen LogP contribution in [0.1, 0.15) is 174 Å². The number of aliphatic hydroxyl groups is 2. The molecule has 15 heteroatoms. The zero-order valence-corrected chi connectivity index (χ0v) is 39.3. The Morgan fingerprint density at radius 3 is 1.95 bits per heavy atom. The van der Waals surface area contributed by atoms with Gasteiger partial charge in [0.25, 0.3) is 0 Å². The normalized spacial score (nSPS) is 19.3. The quantitative estimate of drug-likeness (QED) is 0.0167. The highest BCUT2D eigenvalue weighted by Crippen LogP contribution is 2.43. The van der Waals surface area contributed by atoms with E-state index < -0.39 is 75.8 Å². The van der Waals surface area contributed by atoms with Gasteiger partial charge in [-0.1, -0.05) is 140 Å². The van der Waals surface area contributed by atoms with E-state index in [4.69, 9.17) is 24.8 Å². The van der Waals surface area contributed by atoms with Gasteiger partial charge in [-0.25, -0.2) is 4.57 Å². The average molecular weight is 912 g/mol. The first kappa shape index (κ1) is 58.0. The van der Waals surface area contributed by atoms with Crippen molar-refractivity contribution in [3.8, 4) is 0 Å². The van der Waals surface area contributed by atoms with E-state index in [1.165, 1.54) is 51.4 Å². The van der Waals surface area contributed by atoms with Crippen LogP contribution in [0.2, 0.25) is 0 Å². The number of phosphoric ester groups is 1. The largest absolute Gasteiger partial charge is 0.480 e. The van der Waals surface area contributed by atoms with Crippen LogP contribution in [0.5, 0.6) is 0 Å². The molecule has 362 valence electrons. The van der Waals surface area contributed by atoms with Gasteiger partial charge in [0.2, 0.25) is 0 Å². The van der Waals surface area contributed by atoms with E-state index in [0.717, 1.165) is 57.8 Å². The number of carboxylic acid groups (broad SMARTS) is 1. The molecule has 0 bridgehead atoms. The van der Waals surface area contributed by atoms with Crippen molar-refractivity contribution < 1.29 is 62.5 Å². The highest BCUT2D eigenvalue weighted by Gasteiger charge is 2.39. The highest BCUT2D eigenvalue weighted by atomic mass is 31.2. The van der Waals surface area contributed by atoms with Crippen LogP contribution in [0.25, 0.3) is 0 Å². The number of carboxylic acids is 1. The second-order valence-corrected chi connectivity index (χ2v) is 18.1. The summed E-state index contributed by atoms with van der Waals surface area (Å²) >= 11 is 0. The lowest BCUT2D eigenvalue weighted by molar-refractivity contribution is -0.161. The van der Waals surface area contributed by atoms with Crippen LogP contribution in [0.3, 0.4) is 0 Å². The number of carbonyl (C=O) groups is 4. The zero-order valence-electron chi connectivity index (χ0n) is 38.4. The van der Waals surface area contributed by atoms with E-state index in [1.807, 2.05) is 12.2 Å². The van der Waals surface area contributed by atoms with Crippen molar-refractivity contribution in [2.45, 2.75) is 199 Å². The number of allylic oxidation sites excluding steroid dienone is 6. The smallest absolute Gasteiger partial charge is 0.472 e. The van der Waals surface area contributed by atoms with Gasteiger partial charge in [0.1, 0.15) is 18.4 Å². The minimum Gasteiger partial charge on any atom is -0.480 e. The molecule has 0 saturated heterocycles. The molecule has 0 aromatic heterocycles. The molecule has 1 rings (SSSR count). The van der Waals surface area contributed by atoms with Crippen LogP contribution in [-0.4, -0.2) is 88.1 Å². The van der Waals surface area contributed by atoms with Gasteiger partial charge >= 0.3 is 25.7 Å². The van der Waals surface area contributed by atoms with Gasteiger partial charge < -0.3 is 35.4 Å². The van der Waals surface area contributed by atoms with E-state index in [0.29, 0.717) is 32.1 Å². The Hall–Kier alpha value is -2.97. The van der Waals surface area contributed by atoms with E-state index in [9.17, 15) is 38.8 Å². The topological polar surface area (TPSA) is 229 Å². The maximum absolute atomic E-state index is 12.7.